The van der Waals surface area contributed by atoms with Gasteiger partial charge < -0.3 is 5.11 Å². The van der Waals surface area contributed by atoms with Crippen LogP contribution >= 0.6 is 0 Å². The summed E-state index contributed by atoms with van der Waals surface area (Å²) in [6.07, 6.45) is 1.56. The fourth-order valence-electron chi connectivity index (χ4n) is 1.87. The quantitative estimate of drug-likeness (QED) is 0.879. The molecule has 0 amide bonds. The van der Waals surface area contributed by atoms with E-state index in [9.17, 15) is 9.90 Å². The van der Waals surface area contributed by atoms with E-state index in [0.29, 0.717) is 5.69 Å². The van der Waals surface area contributed by atoms with Crippen molar-refractivity contribution in [1.82, 2.24) is 9.97 Å². The van der Waals surface area contributed by atoms with Gasteiger partial charge in [-0.3, -0.25) is 9.78 Å². The summed E-state index contributed by atoms with van der Waals surface area (Å²) in [6.45, 7) is 3.74. The van der Waals surface area contributed by atoms with Crippen LogP contribution in [-0.4, -0.2) is 21.0 Å². The third-order valence-electron chi connectivity index (χ3n) is 2.72. The zero-order valence-electron chi connectivity index (χ0n) is 9.79. The van der Waals surface area contributed by atoms with Gasteiger partial charge in [-0.15, -0.1) is 0 Å². The molecule has 4 nitrogen and oxygen atoms in total. The molecule has 0 fully saturated rings. The molecule has 88 valence electrons. The first kappa shape index (κ1) is 11.5. The Morgan fingerprint density at radius 2 is 1.88 bits per heavy atom. The molecule has 1 aromatic carbocycles. The highest BCUT2D eigenvalue weighted by Gasteiger charge is 2.25. The van der Waals surface area contributed by atoms with Gasteiger partial charge in [0.15, 0.2) is 0 Å². The lowest BCUT2D eigenvalue weighted by molar-refractivity contribution is -0.140. The van der Waals surface area contributed by atoms with Crippen molar-refractivity contribution in [2.75, 3.05) is 0 Å². The summed E-state index contributed by atoms with van der Waals surface area (Å²) in [4.78, 5) is 19.8. The maximum atomic E-state index is 11.2. The molecule has 0 bridgehead atoms. The van der Waals surface area contributed by atoms with E-state index in [1.54, 1.807) is 6.20 Å². The summed E-state index contributed by atoms with van der Waals surface area (Å²) in [5.74, 6) is -1.47. The van der Waals surface area contributed by atoms with E-state index < -0.39 is 11.9 Å². The van der Waals surface area contributed by atoms with Crippen LogP contribution in [0.1, 0.15) is 25.5 Å². The molecular formula is C13H14N2O2. The van der Waals surface area contributed by atoms with Gasteiger partial charge in [-0.1, -0.05) is 26.0 Å². The van der Waals surface area contributed by atoms with E-state index in [1.165, 1.54) is 0 Å². The molecule has 2 rings (SSSR count). The Kier molecular flexibility index (Phi) is 3.04. The van der Waals surface area contributed by atoms with Gasteiger partial charge in [-0.2, -0.15) is 0 Å². The summed E-state index contributed by atoms with van der Waals surface area (Å²) >= 11 is 0. The van der Waals surface area contributed by atoms with Crippen molar-refractivity contribution in [2.45, 2.75) is 19.8 Å². The van der Waals surface area contributed by atoms with E-state index >= 15 is 0 Å². The van der Waals surface area contributed by atoms with Crippen LogP contribution in [0.15, 0.2) is 30.5 Å². The highest BCUT2D eigenvalue weighted by atomic mass is 16.4. The number of carbonyl (C=O) groups is 1. The summed E-state index contributed by atoms with van der Waals surface area (Å²) in [7, 11) is 0. The number of carboxylic acid groups (broad SMARTS) is 1. The molecular weight excluding hydrogens is 216 g/mol. The summed E-state index contributed by atoms with van der Waals surface area (Å²) in [5.41, 5.74) is 2.03. The minimum atomic E-state index is -0.857. The second-order valence-corrected chi connectivity index (χ2v) is 4.34. The maximum Gasteiger partial charge on any atom is 0.312 e. The first-order valence-corrected chi connectivity index (χ1v) is 5.54. The Hall–Kier alpha value is -1.97. The normalized spacial score (nSPS) is 12.9. The van der Waals surface area contributed by atoms with Crippen molar-refractivity contribution in [3.05, 3.63) is 36.2 Å². The van der Waals surface area contributed by atoms with Crippen molar-refractivity contribution in [3.63, 3.8) is 0 Å². The third-order valence-corrected chi connectivity index (χ3v) is 2.72. The Bertz CT molecular complexity index is 552. The van der Waals surface area contributed by atoms with Crippen LogP contribution in [0, 0.1) is 5.92 Å². The standard InChI is InChI=1S/C13H14N2O2/c1-8(2)12(13(16)17)11-7-14-9-5-3-4-6-10(9)15-11/h3-8,12H,1-2H3,(H,16,17). The molecule has 1 N–H and O–H groups in total. The largest absolute Gasteiger partial charge is 0.481 e. The molecule has 0 saturated heterocycles. The predicted molar refractivity (Wildman–Crippen MR) is 64.8 cm³/mol. The van der Waals surface area contributed by atoms with Crippen molar-refractivity contribution >= 4 is 17.0 Å². The fourth-order valence-corrected chi connectivity index (χ4v) is 1.87. The highest BCUT2D eigenvalue weighted by molar-refractivity contribution is 5.78. The lowest BCUT2D eigenvalue weighted by atomic mass is 9.93. The first-order valence-electron chi connectivity index (χ1n) is 5.54. The van der Waals surface area contributed by atoms with Crippen LogP contribution in [0.2, 0.25) is 0 Å². The van der Waals surface area contributed by atoms with Crippen LogP contribution < -0.4 is 0 Å². The summed E-state index contributed by atoms with van der Waals surface area (Å²) < 4.78 is 0. The smallest absolute Gasteiger partial charge is 0.312 e. The second-order valence-electron chi connectivity index (χ2n) is 4.34. The number of carboxylic acids is 1. The van der Waals surface area contributed by atoms with Gasteiger partial charge in [0.2, 0.25) is 0 Å². The van der Waals surface area contributed by atoms with Gasteiger partial charge in [0.05, 0.1) is 22.9 Å². The second kappa shape index (κ2) is 4.49. The van der Waals surface area contributed by atoms with Crippen molar-refractivity contribution in [2.24, 2.45) is 5.92 Å². The van der Waals surface area contributed by atoms with Gasteiger partial charge >= 0.3 is 5.97 Å². The van der Waals surface area contributed by atoms with E-state index in [0.717, 1.165) is 11.0 Å². The highest BCUT2D eigenvalue weighted by Crippen LogP contribution is 2.23. The van der Waals surface area contributed by atoms with Crippen LogP contribution in [0.5, 0.6) is 0 Å². The number of nitrogens with zero attached hydrogens (tertiary/aromatic N) is 2. The van der Waals surface area contributed by atoms with E-state index in [2.05, 4.69) is 9.97 Å². The maximum absolute atomic E-state index is 11.2. The lowest BCUT2D eigenvalue weighted by Gasteiger charge is -2.15. The molecule has 0 saturated carbocycles. The minimum Gasteiger partial charge on any atom is -0.481 e. The lowest BCUT2D eigenvalue weighted by Crippen LogP contribution is -2.19. The molecule has 1 aromatic heterocycles. The Labute approximate surface area is 99.3 Å². The van der Waals surface area contributed by atoms with E-state index in [1.807, 2.05) is 38.1 Å². The molecule has 0 spiro atoms. The van der Waals surface area contributed by atoms with Gasteiger partial charge in [0, 0.05) is 0 Å². The van der Waals surface area contributed by atoms with Crippen molar-refractivity contribution in [3.8, 4) is 0 Å². The SMILES string of the molecule is CC(C)C(C(=O)O)c1cnc2ccccc2n1. The fraction of sp³-hybridized carbons (Fsp3) is 0.308. The molecule has 0 aliphatic heterocycles. The minimum absolute atomic E-state index is 0.0111. The Balaban J connectivity index is 2.51. The van der Waals surface area contributed by atoms with Gasteiger partial charge in [-0.25, -0.2) is 4.98 Å². The summed E-state index contributed by atoms with van der Waals surface area (Å²) in [5, 5.41) is 9.20. The average Bonchev–Trinajstić information content (AvgIpc) is 2.28. The van der Waals surface area contributed by atoms with Crippen LogP contribution in [0.25, 0.3) is 11.0 Å². The van der Waals surface area contributed by atoms with Crippen molar-refractivity contribution < 1.29 is 9.90 Å². The molecule has 4 heteroatoms. The number of para-hydroxylation sites is 2. The Morgan fingerprint density at radius 3 is 2.47 bits per heavy atom. The topological polar surface area (TPSA) is 63.1 Å². The van der Waals surface area contributed by atoms with Crippen LogP contribution in [-0.2, 0) is 4.79 Å². The van der Waals surface area contributed by atoms with Gasteiger partial charge in [0.25, 0.3) is 0 Å². The summed E-state index contributed by atoms with van der Waals surface area (Å²) in [6, 6.07) is 7.45. The average molecular weight is 230 g/mol. The predicted octanol–water partition coefficient (Wildman–Crippen LogP) is 2.45. The monoisotopic (exact) mass is 230 g/mol. The number of aromatic nitrogens is 2. The number of benzene rings is 1. The molecule has 1 unspecified atom stereocenters. The third kappa shape index (κ3) is 2.25. The number of fused-ring (bicyclic) bond motifs is 1. The molecule has 0 radical (unpaired) electrons. The number of hydrogen-bond acceptors (Lipinski definition) is 3. The van der Waals surface area contributed by atoms with E-state index in [-0.39, 0.29) is 5.92 Å². The molecule has 1 heterocycles. The Morgan fingerprint density at radius 1 is 1.24 bits per heavy atom. The zero-order valence-corrected chi connectivity index (χ0v) is 9.79. The number of aliphatic carboxylic acids is 1. The van der Waals surface area contributed by atoms with Gasteiger partial charge in [-0.05, 0) is 18.1 Å². The zero-order chi connectivity index (χ0) is 12.4. The van der Waals surface area contributed by atoms with Crippen LogP contribution in [0.3, 0.4) is 0 Å². The number of rotatable bonds is 3. The molecule has 1 atom stereocenters. The molecule has 0 aliphatic rings. The van der Waals surface area contributed by atoms with Crippen LogP contribution in [0.4, 0.5) is 0 Å². The first-order chi connectivity index (χ1) is 8.09. The molecule has 2 aromatic rings. The number of hydrogen-bond donors (Lipinski definition) is 1. The molecule has 0 aliphatic carbocycles. The van der Waals surface area contributed by atoms with E-state index in [4.69, 9.17) is 0 Å². The van der Waals surface area contributed by atoms with Crippen molar-refractivity contribution in [1.29, 1.82) is 0 Å². The van der Waals surface area contributed by atoms with Gasteiger partial charge in [0.1, 0.15) is 5.92 Å². The molecule has 17 heavy (non-hydrogen) atoms.